The van der Waals surface area contributed by atoms with Crippen LogP contribution in [-0.2, 0) is 33.7 Å². The molecule has 306 valence electrons. The molecule has 0 aliphatic heterocycles. The number of benzene rings is 3. The second-order valence-electron chi connectivity index (χ2n) is 13.6. The SMILES string of the molecule is COc1ccc(C(OC[C@@H](CNC(=O)OCCCCCCOP(OCCC#N)N(C(C)C)C(C)C)OC(=O)C(Cl)Cl)(c2ccccc2)c2ccc(C)cc2)cc1. The highest BCUT2D eigenvalue weighted by Gasteiger charge is 2.39. The molecule has 3 rings (SSSR count). The van der Waals surface area contributed by atoms with Gasteiger partial charge in [0.1, 0.15) is 17.5 Å². The number of nitriles is 1. The number of amides is 1. The molecule has 2 unspecified atom stereocenters. The molecular weight excluding hydrogens is 776 g/mol. The van der Waals surface area contributed by atoms with Crippen molar-refractivity contribution >= 4 is 43.8 Å². The number of hydrogen-bond acceptors (Lipinski definition) is 10. The van der Waals surface area contributed by atoms with Crippen molar-refractivity contribution in [3.8, 4) is 11.8 Å². The van der Waals surface area contributed by atoms with E-state index in [4.69, 9.17) is 56.5 Å². The van der Waals surface area contributed by atoms with Crippen LogP contribution >= 0.6 is 31.7 Å². The van der Waals surface area contributed by atoms with E-state index in [1.165, 1.54) is 0 Å². The van der Waals surface area contributed by atoms with Crippen molar-refractivity contribution in [2.75, 3.05) is 40.1 Å². The monoisotopic (exact) mass is 831 g/mol. The molecule has 14 heteroatoms. The molecule has 0 saturated heterocycles. The Labute approximate surface area is 343 Å². The Bertz CT molecular complexity index is 1620. The molecule has 0 fully saturated rings. The number of nitrogens with one attached hydrogen (secondary N) is 1. The maximum atomic E-state index is 12.8. The Morgan fingerprint density at radius 3 is 1.96 bits per heavy atom. The Morgan fingerprint density at radius 2 is 1.39 bits per heavy atom. The van der Waals surface area contributed by atoms with Crippen LogP contribution in [0.15, 0.2) is 78.9 Å². The second-order valence-corrected chi connectivity index (χ2v) is 16.2. The third-order valence-electron chi connectivity index (χ3n) is 8.69. The van der Waals surface area contributed by atoms with E-state index in [2.05, 4.69) is 43.8 Å². The molecule has 0 radical (unpaired) electrons. The molecule has 0 aliphatic rings. The van der Waals surface area contributed by atoms with Crippen molar-refractivity contribution < 1.29 is 37.6 Å². The van der Waals surface area contributed by atoms with Crippen LogP contribution in [0.2, 0.25) is 0 Å². The fourth-order valence-electron chi connectivity index (χ4n) is 6.03. The normalized spacial score (nSPS) is 13.6. The number of aryl methyl sites for hydroxylation is 1. The number of ether oxygens (including phenoxy) is 4. The third kappa shape index (κ3) is 14.8. The molecule has 56 heavy (non-hydrogen) atoms. The van der Waals surface area contributed by atoms with E-state index in [0.29, 0.717) is 31.8 Å². The maximum Gasteiger partial charge on any atom is 0.407 e. The molecule has 11 nitrogen and oxygen atoms in total. The van der Waals surface area contributed by atoms with E-state index in [-0.39, 0.29) is 31.8 Å². The number of esters is 1. The van der Waals surface area contributed by atoms with Gasteiger partial charge in [-0.2, -0.15) is 5.26 Å². The molecular formula is C42H56Cl2N3O8P. The summed E-state index contributed by atoms with van der Waals surface area (Å²) in [7, 11) is 0.331. The summed E-state index contributed by atoms with van der Waals surface area (Å²) in [6.45, 7) is 11.2. The number of nitrogens with zero attached hydrogens (tertiary/aromatic N) is 2. The highest BCUT2D eigenvalue weighted by molar-refractivity contribution is 7.44. The van der Waals surface area contributed by atoms with Crippen molar-refractivity contribution in [2.24, 2.45) is 0 Å². The number of carbonyl (C=O) groups excluding carboxylic acids is 2. The standard InChI is InChI=1S/C42H56Cl2N3O8P/c1-31(2)47(32(3)4)56(54-28-14-25-45)53-27-13-8-7-12-26-51-41(49)46-29-38(55-40(48)39(43)44)30-52-42(34-15-10-9-11-16-34,35-19-17-33(5)18-20-35)36-21-23-37(50-6)24-22-36/h9-11,15-24,31-32,38-39H,7-8,12-14,26-30H2,1-6H3,(H,46,49)/t38-,42?,56?/m1/s1. The summed E-state index contributed by atoms with van der Waals surface area (Å²) < 4.78 is 37.7. The van der Waals surface area contributed by atoms with Gasteiger partial charge in [0, 0.05) is 12.1 Å². The van der Waals surface area contributed by atoms with E-state index < -0.39 is 37.1 Å². The number of alkyl carbamates (subject to hydrolysis) is 1. The van der Waals surface area contributed by atoms with Crippen LogP contribution in [0.4, 0.5) is 4.79 Å². The number of rotatable bonds is 25. The molecule has 0 aromatic heterocycles. The van der Waals surface area contributed by atoms with Crippen molar-refractivity contribution in [1.82, 2.24) is 9.99 Å². The topological polar surface area (TPSA) is 129 Å². The van der Waals surface area contributed by atoms with Gasteiger partial charge >= 0.3 is 12.1 Å². The molecule has 3 atom stereocenters. The summed E-state index contributed by atoms with van der Waals surface area (Å²) in [6.07, 6.45) is 1.86. The lowest BCUT2D eigenvalue weighted by molar-refractivity contribution is -0.152. The number of unbranched alkanes of at least 4 members (excludes halogenated alkanes) is 3. The first-order chi connectivity index (χ1) is 26.9. The summed E-state index contributed by atoms with van der Waals surface area (Å²) in [5.74, 6) is -0.185. The summed E-state index contributed by atoms with van der Waals surface area (Å²) in [5.41, 5.74) is 2.42. The highest BCUT2D eigenvalue weighted by atomic mass is 35.5. The van der Waals surface area contributed by atoms with Gasteiger partial charge in [0.05, 0.1) is 52.6 Å². The van der Waals surface area contributed by atoms with Gasteiger partial charge in [-0.3, -0.25) is 0 Å². The van der Waals surface area contributed by atoms with Gasteiger partial charge in [0.2, 0.25) is 4.84 Å². The molecule has 0 heterocycles. The number of methoxy groups -OCH3 is 1. The minimum atomic E-state index is -1.43. The average Bonchev–Trinajstić information content (AvgIpc) is 3.18. The molecule has 0 aliphatic carbocycles. The summed E-state index contributed by atoms with van der Waals surface area (Å²) >= 11 is 11.7. The van der Waals surface area contributed by atoms with E-state index in [1.807, 2.05) is 85.8 Å². The number of carbonyl (C=O) groups is 2. The van der Waals surface area contributed by atoms with Crippen LogP contribution < -0.4 is 10.1 Å². The Morgan fingerprint density at radius 1 is 0.821 bits per heavy atom. The summed E-state index contributed by atoms with van der Waals surface area (Å²) in [6, 6.07) is 27.9. The highest BCUT2D eigenvalue weighted by Crippen LogP contribution is 2.46. The first-order valence-corrected chi connectivity index (χ1v) is 20.9. The van der Waals surface area contributed by atoms with Crippen LogP contribution in [-0.4, -0.2) is 79.8 Å². The second kappa shape index (κ2) is 25.0. The van der Waals surface area contributed by atoms with Gasteiger partial charge in [-0.1, -0.05) is 102 Å². The first-order valence-electron chi connectivity index (χ1n) is 18.9. The lowest BCUT2D eigenvalue weighted by atomic mass is 9.79. The Kier molecular flexibility index (Phi) is 21.0. The van der Waals surface area contributed by atoms with Crippen molar-refractivity contribution in [1.29, 1.82) is 5.26 Å². The molecule has 1 N–H and O–H groups in total. The third-order valence-corrected chi connectivity index (χ3v) is 11.2. The van der Waals surface area contributed by atoms with Crippen LogP contribution in [0, 0.1) is 18.3 Å². The van der Waals surface area contributed by atoms with Gasteiger partial charge in [0.25, 0.3) is 8.53 Å². The van der Waals surface area contributed by atoms with Gasteiger partial charge in [0.15, 0.2) is 0 Å². The Hall–Kier alpha value is -3.46. The fourth-order valence-corrected chi connectivity index (χ4v) is 7.76. The molecule has 3 aromatic carbocycles. The van der Waals surface area contributed by atoms with E-state index in [9.17, 15) is 9.59 Å². The molecule has 0 bridgehead atoms. The molecule has 3 aromatic rings. The van der Waals surface area contributed by atoms with Gasteiger partial charge < -0.3 is 33.3 Å². The van der Waals surface area contributed by atoms with Crippen LogP contribution in [0.3, 0.4) is 0 Å². The van der Waals surface area contributed by atoms with E-state index in [0.717, 1.165) is 41.5 Å². The van der Waals surface area contributed by atoms with E-state index in [1.54, 1.807) is 7.11 Å². The zero-order valence-corrected chi connectivity index (χ0v) is 35.7. The summed E-state index contributed by atoms with van der Waals surface area (Å²) in [5, 5.41) is 11.6. The minimum absolute atomic E-state index is 0.118. The van der Waals surface area contributed by atoms with Crippen molar-refractivity contribution in [3.05, 3.63) is 101 Å². The smallest absolute Gasteiger partial charge is 0.407 e. The molecule has 0 saturated carbocycles. The predicted molar refractivity (Wildman–Crippen MR) is 221 cm³/mol. The molecule has 0 spiro atoms. The fraction of sp³-hybridized carbons (Fsp3) is 0.500. The van der Waals surface area contributed by atoms with Gasteiger partial charge in [-0.05, 0) is 82.7 Å². The summed E-state index contributed by atoms with van der Waals surface area (Å²) in [4.78, 5) is 24.0. The first kappa shape index (κ1) is 46.9. The van der Waals surface area contributed by atoms with Crippen molar-refractivity contribution in [2.45, 2.75) is 95.3 Å². The maximum absolute atomic E-state index is 12.8. The van der Waals surface area contributed by atoms with Crippen molar-refractivity contribution in [3.63, 3.8) is 0 Å². The number of alkyl halides is 2. The Balaban J connectivity index is 1.62. The van der Waals surface area contributed by atoms with Crippen LogP contribution in [0.1, 0.15) is 82.1 Å². The largest absolute Gasteiger partial charge is 0.497 e. The van der Waals surface area contributed by atoms with Crippen LogP contribution in [0.5, 0.6) is 5.75 Å². The predicted octanol–water partition coefficient (Wildman–Crippen LogP) is 9.61. The minimum Gasteiger partial charge on any atom is -0.497 e. The quantitative estimate of drug-likeness (QED) is 0.0290. The van der Waals surface area contributed by atoms with E-state index >= 15 is 0 Å². The lowest BCUT2D eigenvalue weighted by Crippen LogP contribution is -2.42. The molecule has 1 amide bonds. The van der Waals surface area contributed by atoms with Crippen LogP contribution in [0.25, 0.3) is 0 Å². The zero-order chi connectivity index (χ0) is 40.9. The van der Waals surface area contributed by atoms with Gasteiger partial charge in [-0.15, -0.1) is 0 Å². The number of hydrogen-bond donors (Lipinski definition) is 1. The number of halogens is 2. The average molecular weight is 833 g/mol. The zero-order valence-electron chi connectivity index (χ0n) is 33.2. The lowest BCUT2D eigenvalue weighted by Gasteiger charge is -2.37. The van der Waals surface area contributed by atoms with Gasteiger partial charge in [-0.25, -0.2) is 14.3 Å².